The number of carbonyl (C=O) groups is 2. The summed E-state index contributed by atoms with van der Waals surface area (Å²) in [7, 11) is 0. The van der Waals surface area contributed by atoms with Crippen molar-refractivity contribution < 1.29 is 33.8 Å². The highest BCUT2D eigenvalue weighted by Crippen LogP contribution is 2.32. The maximum Gasteiger partial charge on any atom is 0.303 e. The number of carbonyl (C=O) groups excluding carboxylic acids is 2. The summed E-state index contributed by atoms with van der Waals surface area (Å²) >= 11 is 0. The van der Waals surface area contributed by atoms with Crippen molar-refractivity contribution in [3.63, 3.8) is 0 Å². The van der Waals surface area contributed by atoms with Crippen molar-refractivity contribution in [3.05, 3.63) is 40.6 Å². The van der Waals surface area contributed by atoms with Crippen molar-refractivity contribution >= 4 is 28.5 Å². The lowest BCUT2D eigenvalue weighted by atomic mass is 10.0. The Kier molecular flexibility index (Phi) is 5.10. The Morgan fingerprint density at radius 1 is 1.26 bits per heavy atom. The second-order valence-electron chi connectivity index (χ2n) is 6.16. The summed E-state index contributed by atoms with van der Waals surface area (Å²) in [6.45, 7) is 2.26. The molecule has 0 aliphatic carbocycles. The van der Waals surface area contributed by atoms with Gasteiger partial charge >= 0.3 is 11.9 Å². The maximum absolute atomic E-state index is 11.4. The summed E-state index contributed by atoms with van der Waals surface area (Å²) in [5.41, 5.74) is 0.364. The number of fused-ring (bicyclic) bond motifs is 1. The van der Waals surface area contributed by atoms with Gasteiger partial charge in [-0.1, -0.05) is 0 Å². The molecule has 4 atom stereocenters. The fourth-order valence-corrected chi connectivity index (χ4v) is 3.14. The van der Waals surface area contributed by atoms with Crippen LogP contribution in [-0.4, -0.2) is 51.5 Å². The lowest BCUT2D eigenvalue weighted by molar-refractivity contribution is -0.384. The average molecular weight is 378 g/mol. The summed E-state index contributed by atoms with van der Waals surface area (Å²) in [5, 5.41) is 22.5. The first-order chi connectivity index (χ1) is 12.8. The number of rotatable bonds is 4. The molecule has 1 aliphatic heterocycles. The third-order valence-corrected chi connectivity index (χ3v) is 4.24. The number of benzene rings is 1. The fraction of sp³-hybridized carbons (Fsp3) is 0.412. The molecule has 1 aliphatic rings. The van der Waals surface area contributed by atoms with Crippen LogP contribution >= 0.6 is 0 Å². The van der Waals surface area contributed by atoms with Crippen LogP contribution in [0.3, 0.4) is 0 Å². The number of non-ortho nitro benzene ring substituents is 1. The summed E-state index contributed by atoms with van der Waals surface area (Å²) in [6, 6.07) is 6.05. The Hall–Kier alpha value is -2.98. The number of hydrogen-bond acceptors (Lipinski definition) is 8. The quantitative estimate of drug-likeness (QED) is 0.479. The van der Waals surface area contributed by atoms with Crippen molar-refractivity contribution in [1.82, 2.24) is 4.57 Å². The molecule has 10 heteroatoms. The van der Waals surface area contributed by atoms with Crippen LogP contribution in [0.1, 0.15) is 20.1 Å². The predicted molar refractivity (Wildman–Crippen MR) is 90.7 cm³/mol. The van der Waals surface area contributed by atoms with Gasteiger partial charge in [0.15, 0.2) is 18.4 Å². The maximum atomic E-state index is 11.4. The van der Waals surface area contributed by atoms with Gasteiger partial charge in [0.2, 0.25) is 0 Å². The Morgan fingerprint density at radius 3 is 2.59 bits per heavy atom. The van der Waals surface area contributed by atoms with E-state index in [1.54, 1.807) is 18.3 Å². The van der Waals surface area contributed by atoms with Crippen molar-refractivity contribution in [2.75, 3.05) is 6.61 Å². The average Bonchev–Trinajstić information content (AvgIpc) is 3.00. The number of aromatic nitrogens is 1. The lowest BCUT2D eigenvalue weighted by Gasteiger charge is -2.39. The van der Waals surface area contributed by atoms with E-state index in [1.165, 1.54) is 30.5 Å². The van der Waals surface area contributed by atoms with Crippen LogP contribution in [0.5, 0.6) is 0 Å². The molecule has 10 nitrogen and oxygen atoms in total. The predicted octanol–water partition coefficient (Wildman–Crippen LogP) is 1.30. The molecule has 3 rings (SSSR count). The molecule has 2 heterocycles. The Bertz CT molecular complexity index is 892. The van der Waals surface area contributed by atoms with E-state index in [1.807, 2.05) is 0 Å². The molecule has 1 aromatic carbocycles. The van der Waals surface area contributed by atoms with Crippen molar-refractivity contribution in [3.8, 4) is 0 Å². The molecule has 27 heavy (non-hydrogen) atoms. The van der Waals surface area contributed by atoms with E-state index >= 15 is 0 Å². The van der Waals surface area contributed by atoms with E-state index in [-0.39, 0.29) is 12.3 Å². The summed E-state index contributed by atoms with van der Waals surface area (Å²) in [6.07, 6.45) is -2.84. The van der Waals surface area contributed by atoms with Gasteiger partial charge in [0.1, 0.15) is 6.10 Å². The highest BCUT2D eigenvalue weighted by molar-refractivity contribution is 5.82. The van der Waals surface area contributed by atoms with Crippen molar-refractivity contribution in [1.29, 1.82) is 0 Å². The Balaban J connectivity index is 1.96. The highest BCUT2D eigenvalue weighted by atomic mass is 16.6. The van der Waals surface area contributed by atoms with Gasteiger partial charge in [0.05, 0.1) is 17.0 Å². The lowest BCUT2D eigenvalue weighted by Crippen LogP contribution is -2.53. The molecule has 0 saturated carbocycles. The zero-order chi connectivity index (χ0) is 19.7. The summed E-state index contributed by atoms with van der Waals surface area (Å²) in [4.78, 5) is 33.2. The van der Waals surface area contributed by atoms with Gasteiger partial charge < -0.3 is 23.9 Å². The Labute approximate surface area is 153 Å². The number of nitrogens with zero attached hydrogens (tertiary/aromatic N) is 2. The van der Waals surface area contributed by atoms with Crippen LogP contribution in [-0.2, 0) is 23.8 Å². The van der Waals surface area contributed by atoms with Crippen LogP contribution in [0.25, 0.3) is 10.9 Å². The van der Waals surface area contributed by atoms with Gasteiger partial charge in [0.25, 0.3) is 5.69 Å². The largest absolute Gasteiger partial charge is 0.456 e. The van der Waals surface area contributed by atoms with Gasteiger partial charge in [-0.05, 0) is 12.1 Å². The molecule has 1 aromatic heterocycles. The Morgan fingerprint density at radius 2 is 1.96 bits per heavy atom. The van der Waals surface area contributed by atoms with Crippen molar-refractivity contribution in [2.45, 2.75) is 38.4 Å². The molecule has 0 bridgehead atoms. The van der Waals surface area contributed by atoms with Gasteiger partial charge in [-0.15, -0.1) is 0 Å². The first-order valence-electron chi connectivity index (χ1n) is 8.17. The number of hydrogen-bond donors (Lipinski definition) is 1. The minimum absolute atomic E-state index is 0.109. The molecule has 1 N–H and O–H groups in total. The second-order valence-corrected chi connectivity index (χ2v) is 6.16. The van der Waals surface area contributed by atoms with Gasteiger partial charge in [0, 0.05) is 37.6 Å². The van der Waals surface area contributed by atoms with E-state index in [0.29, 0.717) is 10.9 Å². The van der Waals surface area contributed by atoms with Gasteiger partial charge in [-0.25, -0.2) is 0 Å². The number of ether oxygens (including phenoxy) is 3. The number of nitro groups is 1. The van der Waals surface area contributed by atoms with E-state index in [9.17, 15) is 24.8 Å². The minimum atomic E-state index is -1.36. The highest BCUT2D eigenvalue weighted by Gasteiger charge is 2.44. The third-order valence-electron chi connectivity index (χ3n) is 4.24. The molecule has 0 radical (unpaired) electrons. The molecule has 0 amide bonds. The van der Waals surface area contributed by atoms with Crippen molar-refractivity contribution in [2.24, 2.45) is 0 Å². The number of nitro benzene ring substituents is 1. The number of aliphatic hydroxyl groups excluding tert-OH is 1. The van der Waals surface area contributed by atoms with E-state index in [4.69, 9.17) is 14.2 Å². The molecule has 1 fully saturated rings. The van der Waals surface area contributed by atoms with E-state index in [0.717, 1.165) is 0 Å². The van der Waals surface area contributed by atoms with Crippen LogP contribution in [0.4, 0.5) is 5.69 Å². The summed E-state index contributed by atoms with van der Waals surface area (Å²) < 4.78 is 17.4. The second kappa shape index (κ2) is 7.33. The number of esters is 2. The monoisotopic (exact) mass is 378 g/mol. The van der Waals surface area contributed by atoms with E-state index in [2.05, 4.69) is 0 Å². The normalized spacial score (nSPS) is 25.1. The zero-order valence-electron chi connectivity index (χ0n) is 14.6. The minimum Gasteiger partial charge on any atom is -0.456 e. The molecule has 0 unspecified atom stereocenters. The first-order valence-corrected chi connectivity index (χ1v) is 8.17. The smallest absolute Gasteiger partial charge is 0.303 e. The fourth-order valence-electron chi connectivity index (χ4n) is 3.14. The standard InChI is InChI=1S/C17H18N2O8/c1-9(20)26-14-8-25-17(15(22)16(14)27-10(2)21)18-6-5-11-3-4-12(19(23)24)7-13(11)18/h3-7,14-17,22H,8H2,1-2H3/t14-,15+,16-,17+/m0/s1. The van der Waals surface area contributed by atoms with Crippen LogP contribution in [0.2, 0.25) is 0 Å². The third kappa shape index (κ3) is 3.76. The topological polar surface area (TPSA) is 130 Å². The first kappa shape index (κ1) is 18.8. The van der Waals surface area contributed by atoms with Crippen LogP contribution < -0.4 is 0 Å². The number of aliphatic hydroxyl groups is 1. The zero-order valence-corrected chi connectivity index (χ0v) is 14.6. The molecule has 2 aromatic rings. The van der Waals surface area contributed by atoms with Gasteiger partial charge in [-0.2, -0.15) is 0 Å². The SMILES string of the molecule is CC(=O)O[C@@H]1[C@@H](O)[C@H](n2ccc3ccc([N+](=O)[O-])cc32)OC[C@@H]1OC(C)=O. The molecular formula is C17H18N2O8. The summed E-state index contributed by atoms with van der Waals surface area (Å²) in [5.74, 6) is -1.25. The molecular weight excluding hydrogens is 360 g/mol. The van der Waals surface area contributed by atoms with Crippen LogP contribution in [0.15, 0.2) is 30.5 Å². The molecule has 144 valence electrons. The van der Waals surface area contributed by atoms with Crippen LogP contribution in [0, 0.1) is 10.1 Å². The van der Waals surface area contributed by atoms with E-state index < -0.39 is 41.4 Å². The molecule has 0 spiro atoms. The van der Waals surface area contributed by atoms with Gasteiger partial charge in [-0.3, -0.25) is 19.7 Å². The molecule has 1 saturated heterocycles.